The number of carbonyl (C=O) groups excluding carboxylic acids is 1. The number of anilines is 1. The number of carbonyl (C=O) groups is 1. The average Bonchev–Trinajstić information content (AvgIpc) is 2.93. The zero-order valence-electron chi connectivity index (χ0n) is 11.2. The number of aliphatic hydroxyl groups is 1. The number of nitrogens with zero attached hydrogens (tertiary/aromatic N) is 3. The van der Waals surface area contributed by atoms with Crippen molar-refractivity contribution in [3.05, 3.63) is 41.7 Å². The van der Waals surface area contributed by atoms with Crippen molar-refractivity contribution < 1.29 is 9.90 Å². The van der Waals surface area contributed by atoms with E-state index in [-0.39, 0.29) is 12.5 Å². The summed E-state index contributed by atoms with van der Waals surface area (Å²) < 4.78 is 1.58. The number of benzene rings is 1. The Labute approximate surface area is 116 Å². The molecule has 2 aromatic rings. The van der Waals surface area contributed by atoms with Gasteiger partial charge in [0.25, 0.3) is 5.91 Å². The molecule has 1 amide bonds. The largest absolute Gasteiger partial charge is 0.394 e. The second-order valence-corrected chi connectivity index (χ2v) is 4.21. The summed E-state index contributed by atoms with van der Waals surface area (Å²) in [7, 11) is 1.60. The standard InChI is InChI=1S/C13H17N5O2/c1-14-13(20)10-3-2-4-11(7-10)15-8-12-9-18(5-6-19)17-16-12/h2-4,7,9,15,19H,5-6,8H2,1H3,(H,14,20). The molecule has 3 N–H and O–H groups in total. The zero-order valence-corrected chi connectivity index (χ0v) is 11.2. The number of aromatic nitrogens is 3. The Balaban J connectivity index is 1.97. The maximum Gasteiger partial charge on any atom is 0.251 e. The molecule has 20 heavy (non-hydrogen) atoms. The summed E-state index contributed by atoms with van der Waals surface area (Å²) in [5, 5.41) is 22.4. The van der Waals surface area contributed by atoms with Crippen molar-refractivity contribution in [3.8, 4) is 0 Å². The van der Waals surface area contributed by atoms with Gasteiger partial charge in [-0.2, -0.15) is 0 Å². The van der Waals surface area contributed by atoms with Gasteiger partial charge in [0.15, 0.2) is 0 Å². The van der Waals surface area contributed by atoms with Crippen molar-refractivity contribution in [1.29, 1.82) is 0 Å². The first kappa shape index (κ1) is 14.0. The van der Waals surface area contributed by atoms with Crippen LogP contribution in [0.15, 0.2) is 30.5 Å². The predicted octanol–water partition coefficient (Wildman–Crippen LogP) is 0.242. The molecule has 0 aliphatic carbocycles. The molecule has 0 atom stereocenters. The smallest absolute Gasteiger partial charge is 0.251 e. The van der Waals surface area contributed by atoms with Crippen molar-refractivity contribution in [2.45, 2.75) is 13.1 Å². The van der Waals surface area contributed by atoms with Gasteiger partial charge in [0.1, 0.15) is 5.69 Å². The molecular formula is C13H17N5O2. The molecule has 0 aliphatic heterocycles. The van der Waals surface area contributed by atoms with E-state index in [0.29, 0.717) is 18.7 Å². The van der Waals surface area contributed by atoms with Gasteiger partial charge in [-0.15, -0.1) is 5.10 Å². The molecule has 0 saturated heterocycles. The number of hydrogen-bond acceptors (Lipinski definition) is 5. The third kappa shape index (κ3) is 3.55. The van der Waals surface area contributed by atoms with Crippen molar-refractivity contribution in [3.63, 3.8) is 0 Å². The minimum Gasteiger partial charge on any atom is -0.394 e. The van der Waals surface area contributed by atoms with Crippen LogP contribution in [0.25, 0.3) is 0 Å². The Bertz CT molecular complexity index is 582. The van der Waals surface area contributed by atoms with E-state index >= 15 is 0 Å². The molecule has 0 bridgehead atoms. The van der Waals surface area contributed by atoms with Gasteiger partial charge < -0.3 is 15.7 Å². The lowest BCUT2D eigenvalue weighted by atomic mass is 10.2. The number of nitrogens with one attached hydrogen (secondary N) is 2. The van der Waals surface area contributed by atoms with Crippen LogP contribution in [0.1, 0.15) is 16.1 Å². The Morgan fingerprint density at radius 3 is 3.05 bits per heavy atom. The molecule has 1 aromatic carbocycles. The molecule has 7 nitrogen and oxygen atoms in total. The first-order chi connectivity index (χ1) is 9.72. The normalized spacial score (nSPS) is 10.3. The zero-order chi connectivity index (χ0) is 14.4. The van der Waals surface area contributed by atoms with Gasteiger partial charge in [-0.05, 0) is 18.2 Å². The fraction of sp³-hybridized carbons (Fsp3) is 0.308. The van der Waals surface area contributed by atoms with E-state index in [4.69, 9.17) is 5.11 Å². The Morgan fingerprint density at radius 2 is 2.30 bits per heavy atom. The van der Waals surface area contributed by atoms with E-state index in [1.165, 1.54) is 0 Å². The van der Waals surface area contributed by atoms with Gasteiger partial charge in [-0.3, -0.25) is 4.79 Å². The summed E-state index contributed by atoms with van der Waals surface area (Å²) in [5.74, 6) is -0.123. The first-order valence-electron chi connectivity index (χ1n) is 6.29. The number of hydrogen-bond donors (Lipinski definition) is 3. The van der Waals surface area contributed by atoms with Gasteiger partial charge in [0.05, 0.1) is 25.9 Å². The van der Waals surface area contributed by atoms with E-state index in [2.05, 4.69) is 20.9 Å². The minimum atomic E-state index is -0.123. The quantitative estimate of drug-likeness (QED) is 0.702. The second-order valence-electron chi connectivity index (χ2n) is 4.21. The van der Waals surface area contributed by atoms with Crippen LogP contribution in [0.3, 0.4) is 0 Å². The molecular weight excluding hydrogens is 258 g/mol. The van der Waals surface area contributed by atoms with Crippen LogP contribution in [0, 0.1) is 0 Å². The molecule has 1 heterocycles. The number of aliphatic hydroxyl groups excluding tert-OH is 1. The molecule has 0 saturated carbocycles. The van der Waals surface area contributed by atoms with E-state index in [1.54, 1.807) is 30.1 Å². The molecule has 0 spiro atoms. The molecule has 7 heteroatoms. The van der Waals surface area contributed by atoms with E-state index in [0.717, 1.165) is 11.4 Å². The van der Waals surface area contributed by atoms with Crippen molar-refractivity contribution >= 4 is 11.6 Å². The van der Waals surface area contributed by atoms with Crippen LogP contribution < -0.4 is 10.6 Å². The first-order valence-corrected chi connectivity index (χ1v) is 6.29. The van der Waals surface area contributed by atoms with Crippen LogP contribution in [0.5, 0.6) is 0 Å². The number of amides is 1. The highest BCUT2D eigenvalue weighted by atomic mass is 16.3. The van der Waals surface area contributed by atoms with Gasteiger partial charge in [0, 0.05) is 18.3 Å². The highest BCUT2D eigenvalue weighted by Gasteiger charge is 2.04. The lowest BCUT2D eigenvalue weighted by Gasteiger charge is -2.06. The molecule has 0 aliphatic rings. The summed E-state index contributed by atoms with van der Waals surface area (Å²) >= 11 is 0. The van der Waals surface area contributed by atoms with Crippen molar-refractivity contribution in [2.24, 2.45) is 0 Å². The van der Waals surface area contributed by atoms with Crippen LogP contribution in [0.4, 0.5) is 5.69 Å². The summed E-state index contributed by atoms with van der Waals surface area (Å²) in [6, 6.07) is 7.22. The Hall–Kier alpha value is -2.41. The predicted molar refractivity (Wildman–Crippen MR) is 74.3 cm³/mol. The fourth-order valence-corrected chi connectivity index (χ4v) is 1.74. The average molecular weight is 275 g/mol. The fourth-order valence-electron chi connectivity index (χ4n) is 1.74. The molecule has 0 unspecified atom stereocenters. The molecule has 106 valence electrons. The van der Waals surface area contributed by atoms with Gasteiger partial charge >= 0.3 is 0 Å². The maximum atomic E-state index is 11.5. The minimum absolute atomic E-state index is 0.0321. The summed E-state index contributed by atoms with van der Waals surface area (Å²) in [4.78, 5) is 11.5. The highest BCUT2D eigenvalue weighted by molar-refractivity contribution is 5.94. The topological polar surface area (TPSA) is 92.1 Å². The van der Waals surface area contributed by atoms with Crippen LogP contribution in [0.2, 0.25) is 0 Å². The van der Waals surface area contributed by atoms with Gasteiger partial charge in [-0.25, -0.2) is 4.68 Å². The SMILES string of the molecule is CNC(=O)c1cccc(NCc2cn(CCO)nn2)c1. The lowest BCUT2D eigenvalue weighted by molar-refractivity contribution is 0.0963. The van der Waals surface area contributed by atoms with Gasteiger partial charge in [0.2, 0.25) is 0 Å². The number of rotatable bonds is 6. The summed E-state index contributed by atoms with van der Waals surface area (Å²) in [6.45, 7) is 0.964. The second kappa shape index (κ2) is 6.67. The Kier molecular flexibility index (Phi) is 4.67. The highest BCUT2D eigenvalue weighted by Crippen LogP contribution is 2.11. The molecule has 2 rings (SSSR count). The maximum absolute atomic E-state index is 11.5. The van der Waals surface area contributed by atoms with Crippen LogP contribution in [-0.2, 0) is 13.1 Å². The van der Waals surface area contributed by atoms with E-state index < -0.39 is 0 Å². The molecule has 0 fully saturated rings. The summed E-state index contributed by atoms with van der Waals surface area (Å²) in [5.41, 5.74) is 2.20. The lowest BCUT2D eigenvalue weighted by Crippen LogP contribution is -2.17. The summed E-state index contributed by atoms with van der Waals surface area (Å²) in [6.07, 6.45) is 1.77. The van der Waals surface area contributed by atoms with E-state index in [9.17, 15) is 4.79 Å². The third-order valence-corrected chi connectivity index (χ3v) is 2.74. The van der Waals surface area contributed by atoms with Gasteiger partial charge in [-0.1, -0.05) is 11.3 Å². The molecule has 1 aromatic heterocycles. The van der Waals surface area contributed by atoms with Crippen LogP contribution >= 0.6 is 0 Å². The van der Waals surface area contributed by atoms with E-state index in [1.807, 2.05) is 12.1 Å². The Morgan fingerprint density at radius 1 is 1.45 bits per heavy atom. The monoisotopic (exact) mass is 275 g/mol. The third-order valence-electron chi connectivity index (χ3n) is 2.74. The molecule has 0 radical (unpaired) electrons. The van der Waals surface area contributed by atoms with Crippen LogP contribution in [-0.4, -0.2) is 39.7 Å². The van der Waals surface area contributed by atoms with Crippen molar-refractivity contribution in [2.75, 3.05) is 19.0 Å². The van der Waals surface area contributed by atoms with Crippen molar-refractivity contribution in [1.82, 2.24) is 20.3 Å².